The number of halogens is 1. The van der Waals surface area contributed by atoms with Crippen LogP contribution in [0.15, 0.2) is 41.0 Å². The van der Waals surface area contributed by atoms with E-state index in [0.29, 0.717) is 18.2 Å². The zero-order chi connectivity index (χ0) is 14.1. The average molecular weight is 275 g/mol. The second kappa shape index (κ2) is 5.29. The van der Waals surface area contributed by atoms with Crippen molar-refractivity contribution in [1.29, 1.82) is 0 Å². The van der Waals surface area contributed by atoms with Crippen LogP contribution in [0, 0.1) is 5.82 Å². The Morgan fingerprint density at radius 2 is 2.15 bits per heavy atom. The third-order valence-electron chi connectivity index (χ3n) is 3.65. The van der Waals surface area contributed by atoms with Crippen molar-refractivity contribution >= 4 is 5.69 Å². The van der Waals surface area contributed by atoms with E-state index < -0.39 is 6.10 Å². The van der Waals surface area contributed by atoms with Gasteiger partial charge in [-0.2, -0.15) is 0 Å². The summed E-state index contributed by atoms with van der Waals surface area (Å²) in [5.74, 6) is 0.486. The van der Waals surface area contributed by atoms with Crippen LogP contribution in [0.5, 0.6) is 0 Å². The molecule has 1 N–H and O–H groups in total. The molecule has 106 valence electrons. The molecule has 1 aromatic carbocycles. The van der Waals surface area contributed by atoms with Gasteiger partial charge in [-0.3, -0.25) is 0 Å². The molecule has 1 fully saturated rings. The Morgan fingerprint density at radius 1 is 1.35 bits per heavy atom. The van der Waals surface area contributed by atoms with E-state index in [-0.39, 0.29) is 5.82 Å². The maximum Gasteiger partial charge on any atom is 0.131 e. The molecule has 0 spiro atoms. The minimum absolute atomic E-state index is 0.359. The number of nitrogens with zero attached hydrogens (tertiary/aromatic N) is 1. The molecule has 1 heterocycles. The molecule has 0 radical (unpaired) electrons. The molecule has 2 aromatic rings. The Bertz CT molecular complexity index is 576. The summed E-state index contributed by atoms with van der Waals surface area (Å²) >= 11 is 0. The quantitative estimate of drug-likeness (QED) is 0.905. The van der Waals surface area contributed by atoms with Gasteiger partial charge in [-0.1, -0.05) is 6.07 Å². The standard InChI is InChI=1S/C16H18FNO2/c1-11(19)16-14(17)5-2-6-15(16)18(12-7-8-12)10-13-4-3-9-20-13/h2-6,9,11-12,19H,7-8,10H2,1H3/t11-/m0/s1. The first-order chi connectivity index (χ1) is 9.66. The van der Waals surface area contributed by atoms with Crippen LogP contribution in [0.25, 0.3) is 0 Å². The maximum absolute atomic E-state index is 14.0. The molecule has 1 aromatic heterocycles. The summed E-state index contributed by atoms with van der Waals surface area (Å²) < 4.78 is 19.4. The molecule has 0 saturated heterocycles. The molecular weight excluding hydrogens is 257 g/mol. The van der Waals surface area contributed by atoms with Crippen molar-refractivity contribution in [3.63, 3.8) is 0 Å². The van der Waals surface area contributed by atoms with E-state index in [1.165, 1.54) is 6.07 Å². The van der Waals surface area contributed by atoms with Crippen molar-refractivity contribution in [2.45, 2.75) is 38.5 Å². The summed E-state index contributed by atoms with van der Waals surface area (Å²) in [5.41, 5.74) is 1.13. The number of hydrogen-bond acceptors (Lipinski definition) is 3. The summed E-state index contributed by atoms with van der Waals surface area (Å²) in [7, 11) is 0. The molecule has 0 bridgehead atoms. The minimum atomic E-state index is -0.830. The number of aliphatic hydroxyl groups is 1. The first-order valence-electron chi connectivity index (χ1n) is 6.92. The lowest BCUT2D eigenvalue weighted by molar-refractivity contribution is 0.194. The highest BCUT2D eigenvalue weighted by Crippen LogP contribution is 2.37. The molecule has 1 saturated carbocycles. The topological polar surface area (TPSA) is 36.6 Å². The fraction of sp³-hybridized carbons (Fsp3) is 0.375. The highest BCUT2D eigenvalue weighted by Gasteiger charge is 2.32. The fourth-order valence-electron chi connectivity index (χ4n) is 2.56. The molecule has 0 aliphatic heterocycles. The summed E-state index contributed by atoms with van der Waals surface area (Å²) in [5, 5.41) is 9.87. The lowest BCUT2D eigenvalue weighted by atomic mass is 10.1. The van der Waals surface area contributed by atoms with E-state index in [4.69, 9.17) is 4.42 Å². The molecule has 0 amide bonds. The maximum atomic E-state index is 14.0. The smallest absolute Gasteiger partial charge is 0.131 e. The van der Waals surface area contributed by atoms with E-state index in [0.717, 1.165) is 24.3 Å². The second-order valence-electron chi connectivity index (χ2n) is 5.29. The molecule has 0 unspecified atom stereocenters. The highest BCUT2D eigenvalue weighted by molar-refractivity contribution is 5.57. The summed E-state index contributed by atoms with van der Waals surface area (Å²) in [4.78, 5) is 2.13. The molecule has 1 atom stereocenters. The van der Waals surface area contributed by atoms with E-state index in [2.05, 4.69) is 4.90 Å². The van der Waals surface area contributed by atoms with Crippen molar-refractivity contribution in [3.05, 3.63) is 53.7 Å². The molecular formula is C16H18FNO2. The third-order valence-corrected chi connectivity index (χ3v) is 3.65. The Labute approximate surface area is 117 Å². The average Bonchev–Trinajstić information content (AvgIpc) is 3.12. The Morgan fingerprint density at radius 3 is 2.75 bits per heavy atom. The van der Waals surface area contributed by atoms with Gasteiger partial charge in [0, 0.05) is 17.3 Å². The van der Waals surface area contributed by atoms with Gasteiger partial charge in [0.05, 0.1) is 18.9 Å². The van der Waals surface area contributed by atoms with Crippen LogP contribution in [0.2, 0.25) is 0 Å². The highest BCUT2D eigenvalue weighted by atomic mass is 19.1. The fourth-order valence-corrected chi connectivity index (χ4v) is 2.56. The van der Waals surface area contributed by atoms with Gasteiger partial charge < -0.3 is 14.4 Å². The van der Waals surface area contributed by atoms with Crippen LogP contribution in [0.3, 0.4) is 0 Å². The molecule has 4 heteroatoms. The molecule has 20 heavy (non-hydrogen) atoms. The minimum Gasteiger partial charge on any atom is -0.467 e. The van der Waals surface area contributed by atoms with Crippen molar-refractivity contribution in [2.24, 2.45) is 0 Å². The van der Waals surface area contributed by atoms with Crippen LogP contribution < -0.4 is 4.90 Å². The summed E-state index contributed by atoms with van der Waals surface area (Å²) in [6.07, 6.45) is 3.00. The van der Waals surface area contributed by atoms with E-state index in [1.54, 1.807) is 19.3 Å². The van der Waals surface area contributed by atoms with Gasteiger partial charge in [-0.15, -0.1) is 0 Å². The number of hydrogen-bond donors (Lipinski definition) is 1. The van der Waals surface area contributed by atoms with E-state index >= 15 is 0 Å². The van der Waals surface area contributed by atoms with Crippen LogP contribution in [0.4, 0.5) is 10.1 Å². The summed E-state index contributed by atoms with van der Waals surface area (Å²) in [6.45, 7) is 2.20. The van der Waals surface area contributed by atoms with Crippen molar-refractivity contribution < 1.29 is 13.9 Å². The Balaban J connectivity index is 1.97. The Kier molecular flexibility index (Phi) is 3.49. The third kappa shape index (κ3) is 2.56. The van der Waals surface area contributed by atoms with Gasteiger partial charge in [-0.25, -0.2) is 4.39 Å². The van der Waals surface area contributed by atoms with Gasteiger partial charge in [-0.05, 0) is 44.0 Å². The number of benzene rings is 1. The first-order valence-corrected chi connectivity index (χ1v) is 6.92. The van der Waals surface area contributed by atoms with E-state index in [1.807, 2.05) is 18.2 Å². The lowest BCUT2D eigenvalue weighted by Crippen LogP contribution is -2.26. The van der Waals surface area contributed by atoms with E-state index in [9.17, 15) is 9.50 Å². The zero-order valence-corrected chi connectivity index (χ0v) is 11.4. The second-order valence-corrected chi connectivity index (χ2v) is 5.29. The van der Waals surface area contributed by atoms with Gasteiger partial charge >= 0.3 is 0 Å². The van der Waals surface area contributed by atoms with Crippen LogP contribution >= 0.6 is 0 Å². The number of aliphatic hydroxyl groups excluding tert-OH is 1. The zero-order valence-electron chi connectivity index (χ0n) is 11.4. The number of rotatable bonds is 5. The SMILES string of the molecule is C[C@H](O)c1c(F)cccc1N(Cc1ccco1)C1CC1. The van der Waals surface area contributed by atoms with Crippen LogP contribution in [-0.4, -0.2) is 11.1 Å². The normalized spacial score (nSPS) is 16.1. The van der Waals surface area contributed by atoms with Gasteiger partial charge in [0.2, 0.25) is 0 Å². The predicted molar refractivity (Wildman–Crippen MR) is 74.9 cm³/mol. The molecule has 1 aliphatic carbocycles. The van der Waals surface area contributed by atoms with Crippen LogP contribution in [0.1, 0.15) is 37.2 Å². The predicted octanol–water partition coefficient (Wildman–Crippen LogP) is 3.64. The molecule has 3 rings (SSSR count). The van der Waals surface area contributed by atoms with Crippen molar-refractivity contribution in [3.8, 4) is 0 Å². The van der Waals surface area contributed by atoms with Crippen molar-refractivity contribution in [2.75, 3.05) is 4.90 Å². The van der Waals surface area contributed by atoms with Crippen LogP contribution in [-0.2, 0) is 6.54 Å². The van der Waals surface area contributed by atoms with Gasteiger partial charge in [0.1, 0.15) is 11.6 Å². The van der Waals surface area contributed by atoms with Gasteiger partial charge in [0.15, 0.2) is 0 Å². The monoisotopic (exact) mass is 275 g/mol. The molecule has 3 nitrogen and oxygen atoms in total. The Hall–Kier alpha value is -1.81. The summed E-state index contributed by atoms with van der Waals surface area (Å²) in [6, 6.07) is 9.11. The number of furan rings is 1. The number of anilines is 1. The van der Waals surface area contributed by atoms with Gasteiger partial charge in [0.25, 0.3) is 0 Å². The van der Waals surface area contributed by atoms with Crippen molar-refractivity contribution in [1.82, 2.24) is 0 Å². The largest absolute Gasteiger partial charge is 0.467 e. The lowest BCUT2D eigenvalue weighted by Gasteiger charge is -2.27. The first kappa shape index (κ1) is 13.2. The molecule has 1 aliphatic rings.